The van der Waals surface area contributed by atoms with Crippen LogP contribution >= 0.6 is 0 Å². The second kappa shape index (κ2) is 6.67. The number of hydrogen-bond acceptors (Lipinski definition) is 3. The van der Waals surface area contributed by atoms with Crippen molar-refractivity contribution in [3.05, 3.63) is 29.8 Å². The van der Waals surface area contributed by atoms with Crippen LogP contribution in [0.25, 0.3) is 0 Å². The van der Waals surface area contributed by atoms with E-state index in [2.05, 4.69) is 15.2 Å². The zero-order chi connectivity index (χ0) is 11.9. The molecule has 1 saturated heterocycles. The molecular weight excluding hydrogens is 217 g/mol. The molecule has 94 valence electrons. The lowest BCUT2D eigenvalue weighted by Gasteiger charge is -2.14. The number of likely N-dealkylation sites (tertiary alicyclic amines) is 1. The molecule has 2 heterocycles. The molecule has 0 spiro atoms. The fraction of sp³-hybridized carbons (Fsp3) is 0.615. The lowest BCUT2D eigenvalue weighted by atomic mass is 10.3. The maximum Gasteiger partial charge on any atom is 0.141 e. The molecule has 3 nitrogen and oxygen atoms in total. The van der Waals surface area contributed by atoms with E-state index >= 15 is 0 Å². The van der Waals surface area contributed by atoms with Gasteiger partial charge in [-0.3, -0.25) is 4.98 Å². The average Bonchev–Trinajstić information content (AvgIpc) is 2.84. The van der Waals surface area contributed by atoms with Crippen molar-refractivity contribution in [3.63, 3.8) is 0 Å². The standard InChI is InChI=1S/C13H20FN3/c14-12-4-5-13(16-10-12)11-15-6-3-9-17-7-1-2-8-17/h4-5,10,15H,1-3,6-9,11H2. The highest BCUT2D eigenvalue weighted by Crippen LogP contribution is 2.06. The van der Waals surface area contributed by atoms with Crippen molar-refractivity contribution < 1.29 is 4.39 Å². The molecule has 0 radical (unpaired) electrons. The molecule has 0 bridgehead atoms. The highest BCUT2D eigenvalue weighted by atomic mass is 19.1. The van der Waals surface area contributed by atoms with E-state index in [1.807, 2.05) is 0 Å². The van der Waals surface area contributed by atoms with Gasteiger partial charge in [-0.25, -0.2) is 4.39 Å². The SMILES string of the molecule is Fc1ccc(CNCCCN2CCCC2)nc1. The fourth-order valence-electron chi connectivity index (χ4n) is 2.16. The Morgan fingerprint density at radius 1 is 1.29 bits per heavy atom. The van der Waals surface area contributed by atoms with Crippen molar-refractivity contribution >= 4 is 0 Å². The number of aromatic nitrogens is 1. The van der Waals surface area contributed by atoms with E-state index in [4.69, 9.17) is 0 Å². The minimum absolute atomic E-state index is 0.275. The number of pyridine rings is 1. The first-order valence-electron chi connectivity index (χ1n) is 6.38. The summed E-state index contributed by atoms with van der Waals surface area (Å²) >= 11 is 0. The van der Waals surface area contributed by atoms with Crippen LogP contribution in [0.4, 0.5) is 4.39 Å². The zero-order valence-corrected chi connectivity index (χ0v) is 10.2. The van der Waals surface area contributed by atoms with Crippen molar-refractivity contribution in [1.82, 2.24) is 15.2 Å². The first-order valence-corrected chi connectivity index (χ1v) is 6.38. The molecule has 0 saturated carbocycles. The van der Waals surface area contributed by atoms with Gasteiger partial charge in [0.1, 0.15) is 5.82 Å². The van der Waals surface area contributed by atoms with E-state index in [9.17, 15) is 4.39 Å². The molecule has 1 aliphatic rings. The molecule has 1 fully saturated rings. The van der Waals surface area contributed by atoms with Gasteiger partial charge in [0.05, 0.1) is 11.9 Å². The molecule has 0 aliphatic carbocycles. The molecule has 1 aliphatic heterocycles. The smallest absolute Gasteiger partial charge is 0.141 e. The molecule has 2 rings (SSSR count). The summed E-state index contributed by atoms with van der Waals surface area (Å²) in [6.07, 6.45) is 5.14. The quantitative estimate of drug-likeness (QED) is 0.765. The normalized spacial score (nSPS) is 16.5. The van der Waals surface area contributed by atoms with E-state index in [0.29, 0.717) is 0 Å². The first kappa shape index (κ1) is 12.5. The third-order valence-electron chi connectivity index (χ3n) is 3.12. The highest BCUT2D eigenvalue weighted by Gasteiger charge is 2.09. The Kier molecular flexibility index (Phi) is 4.88. The topological polar surface area (TPSA) is 28.2 Å². The van der Waals surface area contributed by atoms with E-state index in [-0.39, 0.29) is 5.82 Å². The molecule has 0 aromatic carbocycles. The summed E-state index contributed by atoms with van der Waals surface area (Å²) in [6.45, 7) is 5.43. The predicted octanol–water partition coefficient (Wildman–Crippen LogP) is 1.80. The van der Waals surface area contributed by atoms with Gasteiger partial charge in [0.2, 0.25) is 0 Å². The van der Waals surface area contributed by atoms with Crippen LogP contribution < -0.4 is 5.32 Å². The Morgan fingerprint density at radius 3 is 2.82 bits per heavy atom. The Morgan fingerprint density at radius 2 is 2.12 bits per heavy atom. The van der Waals surface area contributed by atoms with Crippen LogP contribution in [0, 0.1) is 5.82 Å². The van der Waals surface area contributed by atoms with Crippen molar-refractivity contribution in [2.24, 2.45) is 0 Å². The van der Waals surface area contributed by atoms with Crippen LogP contribution in [0.2, 0.25) is 0 Å². The summed E-state index contributed by atoms with van der Waals surface area (Å²) in [5.41, 5.74) is 0.896. The number of halogens is 1. The molecule has 1 aromatic rings. The third kappa shape index (κ3) is 4.40. The summed E-state index contributed by atoms with van der Waals surface area (Å²) in [5, 5.41) is 3.33. The number of nitrogens with zero attached hydrogens (tertiary/aromatic N) is 2. The number of rotatable bonds is 6. The van der Waals surface area contributed by atoms with Gasteiger partial charge in [-0.15, -0.1) is 0 Å². The average molecular weight is 237 g/mol. The Hall–Kier alpha value is -1.00. The molecule has 4 heteroatoms. The summed E-state index contributed by atoms with van der Waals surface area (Å²) in [5.74, 6) is -0.275. The molecule has 0 amide bonds. The van der Waals surface area contributed by atoms with Crippen LogP contribution in [0.15, 0.2) is 18.3 Å². The molecule has 0 unspecified atom stereocenters. The lowest BCUT2D eigenvalue weighted by molar-refractivity contribution is 0.331. The Bertz CT molecular complexity index is 320. The van der Waals surface area contributed by atoms with Crippen molar-refractivity contribution in [2.45, 2.75) is 25.8 Å². The minimum atomic E-state index is -0.275. The van der Waals surface area contributed by atoms with Gasteiger partial charge >= 0.3 is 0 Å². The maximum atomic E-state index is 12.6. The van der Waals surface area contributed by atoms with Crippen LogP contribution in [-0.4, -0.2) is 36.1 Å². The van der Waals surface area contributed by atoms with Crippen LogP contribution in [0.1, 0.15) is 25.0 Å². The maximum absolute atomic E-state index is 12.6. The van der Waals surface area contributed by atoms with Crippen LogP contribution in [0.3, 0.4) is 0 Å². The Balaban J connectivity index is 1.55. The fourth-order valence-corrected chi connectivity index (χ4v) is 2.16. The molecular formula is C13H20FN3. The van der Waals surface area contributed by atoms with E-state index in [1.165, 1.54) is 51.2 Å². The lowest BCUT2D eigenvalue weighted by Crippen LogP contribution is -2.24. The van der Waals surface area contributed by atoms with Crippen LogP contribution in [0.5, 0.6) is 0 Å². The van der Waals surface area contributed by atoms with Gasteiger partial charge in [0.15, 0.2) is 0 Å². The molecule has 17 heavy (non-hydrogen) atoms. The van der Waals surface area contributed by atoms with E-state index in [1.54, 1.807) is 6.07 Å². The second-order valence-corrected chi connectivity index (χ2v) is 4.55. The first-order chi connectivity index (χ1) is 8.34. The largest absolute Gasteiger partial charge is 0.311 e. The third-order valence-corrected chi connectivity index (χ3v) is 3.12. The molecule has 1 aromatic heterocycles. The molecule has 1 N–H and O–H groups in total. The van der Waals surface area contributed by atoms with Crippen molar-refractivity contribution in [1.29, 1.82) is 0 Å². The van der Waals surface area contributed by atoms with Gasteiger partial charge < -0.3 is 10.2 Å². The summed E-state index contributed by atoms with van der Waals surface area (Å²) in [6, 6.07) is 3.18. The van der Waals surface area contributed by atoms with E-state index in [0.717, 1.165) is 18.8 Å². The van der Waals surface area contributed by atoms with Gasteiger partial charge in [0.25, 0.3) is 0 Å². The molecule has 0 atom stereocenters. The second-order valence-electron chi connectivity index (χ2n) is 4.55. The van der Waals surface area contributed by atoms with Gasteiger partial charge in [-0.05, 0) is 57.6 Å². The van der Waals surface area contributed by atoms with Crippen molar-refractivity contribution in [3.8, 4) is 0 Å². The minimum Gasteiger partial charge on any atom is -0.311 e. The predicted molar refractivity (Wildman–Crippen MR) is 66.2 cm³/mol. The summed E-state index contributed by atoms with van der Waals surface area (Å²) in [7, 11) is 0. The number of hydrogen-bond donors (Lipinski definition) is 1. The van der Waals surface area contributed by atoms with Gasteiger partial charge in [0, 0.05) is 6.54 Å². The highest BCUT2D eigenvalue weighted by molar-refractivity contribution is 5.04. The summed E-state index contributed by atoms with van der Waals surface area (Å²) in [4.78, 5) is 6.52. The Labute approximate surface area is 102 Å². The van der Waals surface area contributed by atoms with Crippen molar-refractivity contribution in [2.75, 3.05) is 26.2 Å². The monoisotopic (exact) mass is 237 g/mol. The van der Waals surface area contributed by atoms with Gasteiger partial charge in [-0.2, -0.15) is 0 Å². The van der Waals surface area contributed by atoms with Gasteiger partial charge in [-0.1, -0.05) is 0 Å². The van der Waals surface area contributed by atoms with Crippen LogP contribution in [-0.2, 0) is 6.54 Å². The zero-order valence-electron chi connectivity index (χ0n) is 10.2. The summed E-state index contributed by atoms with van der Waals surface area (Å²) < 4.78 is 12.6. The number of nitrogens with one attached hydrogen (secondary N) is 1. The van der Waals surface area contributed by atoms with E-state index < -0.39 is 0 Å².